The number of aliphatic imine (C=N–C) groups is 1. The molecule has 0 unspecified atom stereocenters. The maximum Gasteiger partial charge on any atom is 0.125 e. The highest BCUT2D eigenvalue weighted by atomic mass is 32.2. The van der Waals surface area contributed by atoms with Gasteiger partial charge < -0.3 is 4.90 Å². The van der Waals surface area contributed by atoms with Gasteiger partial charge in [-0.3, -0.25) is 14.8 Å². The fourth-order valence-corrected chi connectivity index (χ4v) is 4.38. The van der Waals surface area contributed by atoms with E-state index in [1.54, 1.807) is 17.8 Å². The molecule has 2 heterocycles. The smallest absolute Gasteiger partial charge is 0.125 e. The first-order valence-electron chi connectivity index (χ1n) is 8.90. The van der Waals surface area contributed by atoms with Crippen molar-refractivity contribution in [1.29, 1.82) is 0 Å². The van der Waals surface area contributed by atoms with Crippen LogP contribution in [0.25, 0.3) is 0 Å². The molecule has 6 heteroatoms. The number of hydrogen-bond donors (Lipinski definition) is 0. The van der Waals surface area contributed by atoms with E-state index >= 15 is 0 Å². The molecule has 1 saturated heterocycles. The van der Waals surface area contributed by atoms with Crippen molar-refractivity contribution >= 4 is 29.0 Å². The van der Waals surface area contributed by atoms with Crippen LogP contribution in [0.2, 0.25) is 0 Å². The molecule has 0 atom stereocenters. The average Bonchev–Trinajstić information content (AvgIpc) is 2.65. The highest BCUT2D eigenvalue weighted by molar-refractivity contribution is 7.99. The summed E-state index contributed by atoms with van der Waals surface area (Å²) in [6, 6.07) is 13.2. The summed E-state index contributed by atoms with van der Waals surface area (Å²) in [6.45, 7) is 6.90. The standard InChI is InChI=1S/C20H23FN4S/c1-15(22-14-24-11-9-23(2)10-12-24)25-17-5-3-4-6-19(17)26-20-8-7-16(21)13-18(20)25/h3-8,13H,9-12,14H2,1-2H3/b22-15+. The molecule has 0 N–H and O–H groups in total. The Morgan fingerprint density at radius 3 is 2.58 bits per heavy atom. The average molecular weight is 370 g/mol. The SMILES string of the molecule is C/C(=N\CN1CCN(C)CC1)N1c2ccccc2Sc2ccc(F)cc21. The minimum absolute atomic E-state index is 0.222. The monoisotopic (exact) mass is 370 g/mol. The molecule has 2 aromatic rings. The zero-order chi connectivity index (χ0) is 18.1. The lowest BCUT2D eigenvalue weighted by molar-refractivity contribution is 0.158. The van der Waals surface area contributed by atoms with Crippen LogP contribution in [0.1, 0.15) is 6.92 Å². The van der Waals surface area contributed by atoms with Gasteiger partial charge in [0, 0.05) is 36.0 Å². The third-order valence-electron chi connectivity index (χ3n) is 4.91. The Morgan fingerprint density at radius 2 is 1.77 bits per heavy atom. The number of nitrogens with zero attached hydrogens (tertiary/aromatic N) is 4. The lowest BCUT2D eigenvalue weighted by Gasteiger charge is -2.34. The third kappa shape index (κ3) is 3.49. The number of fused-ring (bicyclic) bond motifs is 2. The fourth-order valence-electron chi connectivity index (χ4n) is 3.34. The van der Waals surface area contributed by atoms with Gasteiger partial charge in [0.25, 0.3) is 0 Å². The number of benzene rings is 2. The second-order valence-electron chi connectivity index (χ2n) is 6.79. The van der Waals surface area contributed by atoms with Gasteiger partial charge in [0.1, 0.15) is 11.7 Å². The largest absolute Gasteiger partial charge is 0.304 e. The molecular formula is C20H23FN4S. The van der Waals surface area contributed by atoms with E-state index in [4.69, 9.17) is 4.99 Å². The Kier molecular flexibility index (Phi) is 4.98. The summed E-state index contributed by atoms with van der Waals surface area (Å²) in [7, 11) is 2.15. The van der Waals surface area contributed by atoms with Gasteiger partial charge >= 0.3 is 0 Å². The van der Waals surface area contributed by atoms with E-state index < -0.39 is 0 Å². The summed E-state index contributed by atoms with van der Waals surface area (Å²) in [4.78, 5) is 13.8. The summed E-state index contributed by atoms with van der Waals surface area (Å²) < 4.78 is 13.9. The number of para-hydroxylation sites is 1. The van der Waals surface area contributed by atoms with E-state index in [1.165, 1.54) is 11.0 Å². The molecule has 2 aliphatic rings. The fraction of sp³-hybridized carbons (Fsp3) is 0.350. The molecule has 0 aromatic heterocycles. The van der Waals surface area contributed by atoms with E-state index in [9.17, 15) is 4.39 Å². The Balaban J connectivity index is 1.64. The van der Waals surface area contributed by atoms with E-state index in [2.05, 4.69) is 33.9 Å². The maximum atomic E-state index is 13.9. The first-order chi connectivity index (χ1) is 12.6. The number of piperazine rings is 1. The van der Waals surface area contributed by atoms with Crippen molar-refractivity contribution in [3.63, 3.8) is 0 Å². The van der Waals surface area contributed by atoms with Gasteiger partial charge in [-0.15, -0.1) is 0 Å². The molecule has 4 rings (SSSR count). The number of halogens is 1. The van der Waals surface area contributed by atoms with Gasteiger partial charge in [-0.25, -0.2) is 4.39 Å². The maximum absolute atomic E-state index is 13.9. The number of rotatable bonds is 2. The van der Waals surface area contributed by atoms with Crippen molar-refractivity contribution in [2.75, 3.05) is 44.8 Å². The van der Waals surface area contributed by atoms with Crippen molar-refractivity contribution in [3.8, 4) is 0 Å². The zero-order valence-corrected chi connectivity index (χ0v) is 16.0. The lowest BCUT2D eigenvalue weighted by atomic mass is 10.2. The molecule has 0 radical (unpaired) electrons. The Morgan fingerprint density at radius 1 is 1.04 bits per heavy atom. The second kappa shape index (κ2) is 7.39. The second-order valence-corrected chi connectivity index (χ2v) is 7.87. The summed E-state index contributed by atoms with van der Waals surface area (Å²) in [6.07, 6.45) is 0. The predicted octanol–water partition coefficient (Wildman–Crippen LogP) is 4.05. The van der Waals surface area contributed by atoms with Crippen molar-refractivity contribution in [2.45, 2.75) is 16.7 Å². The van der Waals surface area contributed by atoms with Crippen LogP contribution in [0.4, 0.5) is 15.8 Å². The molecule has 2 aliphatic heterocycles. The molecule has 0 bridgehead atoms. The van der Waals surface area contributed by atoms with Crippen LogP contribution in [-0.4, -0.2) is 55.5 Å². The Labute approximate surface area is 158 Å². The molecule has 2 aromatic carbocycles. The molecule has 26 heavy (non-hydrogen) atoms. The van der Waals surface area contributed by atoms with Crippen LogP contribution < -0.4 is 4.90 Å². The summed E-state index contributed by atoms with van der Waals surface area (Å²) >= 11 is 1.68. The van der Waals surface area contributed by atoms with E-state index in [-0.39, 0.29) is 5.82 Å². The molecular weight excluding hydrogens is 347 g/mol. The molecule has 1 fully saturated rings. The van der Waals surface area contributed by atoms with Crippen LogP contribution in [0, 0.1) is 5.82 Å². The molecule has 0 aliphatic carbocycles. The van der Waals surface area contributed by atoms with Gasteiger partial charge in [0.15, 0.2) is 0 Å². The minimum Gasteiger partial charge on any atom is -0.304 e. The normalized spacial score (nSPS) is 18.6. The van der Waals surface area contributed by atoms with Crippen molar-refractivity contribution < 1.29 is 4.39 Å². The lowest BCUT2D eigenvalue weighted by Crippen LogP contribution is -2.44. The van der Waals surface area contributed by atoms with E-state index in [0.717, 1.165) is 48.3 Å². The van der Waals surface area contributed by atoms with Crippen molar-refractivity contribution in [1.82, 2.24) is 9.80 Å². The molecule has 4 nitrogen and oxygen atoms in total. The number of likely N-dealkylation sites (N-methyl/N-ethyl adjacent to an activating group) is 1. The molecule has 136 valence electrons. The summed E-state index contributed by atoms with van der Waals surface area (Å²) in [5, 5.41) is 0. The van der Waals surface area contributed by atoms with Crippen LogP contribution in [0.5, 0.6) is 0 Å². The van der Waals surface area contributed by atoms with E-state index in [0.29, 0.717) is 6.67 Å². The van der Waals surface area contributed by atoms with Crippen LogP contribution in [0.3, 0.4) is 0 Å². The van der Waals surface area contributed by atoms with Crippen molar-refractivity contribution in [2.24, 2.45) is 4.99 Å². The first-order valence-corrected chi connectivity index (χ1v) is 9.72. The Bertz CT molecular complexity index is 830. The number of hydrogen-bond acceptors (Lipinski definition) is 4. The van der Waals surface area contributed by atoms with Gasteiger partial charge in [0.05, 0.1) is 18.0 Å². The van der Waals surface area contributed by atoms with Crippen molar-refractivity contribution in [3.05, 3.63) is 48.3 Å². The summed E-state index contributed by atoms with van der Waals surface area (Å²) in [5.41, 5.74) is 1.93. The number of amidine groups is 1. The predicted molar refractivity (Wildman–Crippen MR) is 106 cm³/mol. The third-order valence-corrected chi connectivity index (χ3v) is 6.04. The Hall–Kier alpha value is -1.89. The number of anilines is 2. The highest BCUT2D eigenvalue weighted by Crippen LogP contribution is 2.48. The minimum atomic E-state index is -0.222. The zero-order valence-electron chi connectivity index (χ0n) is 15.2. The topological polar surface area (TPSA) is 22.1 Å². The highest BCUT2D eigenvalue weighted by Gasteiger charge is 2.25. The van der Waals surface area contributed by atoms with Gasteiger partial charge in [0.2, 0.25) is 0 Å². The quantitative estimate of drug-likeness (QED) is 0.587. The molecule has 0 spiro atoms. The van der Waals surface area contributed by atoms with Crippen LogP contribution in [0.15, 0.2) is 57.2 Å². The van der Waals surface area contributed by atoms with Gasteiger partial charge in [-0.05, 0) is 44.3 Å². The molecule has 0 amide bonds. The summed E-state index contributed by atoms with van der Waals surface area (Å²) in [5.74, 6) is 0.670. The van der Waals surface area contributed by atoms with Crippen LogP contribution in [-0.2, 0) is 0 Å². The van der Waals surface area contributed by atoms with Gasteiger partial charge in [-0.1, -0.05) is 23.9 Å². The molecule has 0 saturated carbocycles. The van der Waals surface area contributed by atoms with Crippen LogP contribution >= 0.6 is 11.8 Å². The van der Waals surface area contributed by atoms with E-state index in [1.807, 2.05) is 25.1 Å². The van der Waals surface area contributed by atoms with Gasteiger partial charge in [-0.2, -0.15) is 0 Å². The first kappa shape index (κ1) is 17.5.